The van der Waals surface area contributed by atoms with Crippen molar-refractivity contribution >= 4 is 5.96 Å². The topological polar surface area (TPSA) is 67.4 Å². The number of hydrogen-bond donors (Lipinski definition) is 2. The predicted molar refractivity (Wildman–Crippen MR) is 99.7 cm³/mol. The van der Waals surface area contributed by atoms with Crippen LogP contribution in [0.25, 0.3) is 0 Å². The zero-order valence-corrected chi connectivity index (χ0v) is 15.6. The van der Waals surface area contributed by atoms with Gasteiger partial charge in [0.1, 0.15) is 6.10 Å². The molecule has 0 aliphatic carbocycles. The minimum Gasteiger partial charge on any atom is -0.493 e. The number of guanidine groups is 1. The molecule has 0 aromatic heterocycles. The molecule has 0 saturated carbocycles. The number of morpholine rings is 1. The Morgan fingerprint density at radius 3 is 2.80 bits per heavy atom. The molecule has 1 fully saturated rings. The molecule has 0 bridgehead atoms. The van der Waals surface area contributed by atoms with Gasteiger partial charge in [0.2, 0.25) is 0 Å². The van der Waals surface area contributed by atoms with Crippen LogP contribution in [0, 0.1) is 0 Å². The van der Waals surface area contributed by atoms with Crippen LogP contribution >= 0.6 is 0 Å². The summed E-state index contributed by atoms with van der Waals surface area (Å²) in [5, 5.41) is 6.59. The average Bonchev–Trinajstić information content (AvgIpc) is 2.62. The number of nitrogens with zero attached hydrogens (tertiary/aromatic N) is 2. The van der Waals surface area contributed by atoms with Crippen LogP contribution < -0.4 is 20.1 Å². The Morgan fingerprint density at radius 1 is 1.36 bits per heavy atom. The van der Waals surface area contributed by atoms with E-state index in [9.17, 15) is 0 Å². The van der Waals surface area contributed by atoms with Gasteiger partial charge in [0.05, 0.1) is 26.4 Å². The number of hydrogen-bond acceptors (Lipinski definition) is 5. The normalized spacial score (nSPS) is 20.0. The Bertz CT molecular complexity index is 553. The van der Waals surface area contributed by atoms with Gasteiger partial charge in [0.25, 0.3) is 0 Å². The molecule has 0 spiro atoms. The molecular formula is C18H30N4O3. The number of aliphatic imine (C=N–C) groups is 1. The van der Waals surface area contributed by atoms with Gasteiger partial charge < -0.3 is 29.7 Å². The summed E-state index contributed by atoms with van der Waals surface area (Å²) in [6, 6.07) is 7.64. The molecular weight excluding hydrogens is 320 g/mol. The number of ether oxygens (including phenoxy) is 3. The molecule has 140 valence electrons. The van der Waals surface area contributed by atoms with Gasteiger partial charge in [-0.3, -0.25) is 4.99 Å². The molecule has 1 aliphatic heterocycles. The number of benzene rings is 1. The fraction of sp³-hybridized carbons (Fsp3) is 0.611. The summed E-state index contributed by atoms with van der Waals surface area (Å²) >= 11 is 0. The molecule has 7 heteroatoms. The van der Waals surface area contributed by atoms with E-state index >= 15 is 0 Å². The predicted octanol–water partition coefficient (Wildman–Crippen LogP) is 0.958. The second-order valence-electron chi connectivity index (χ2n) is 6.17. The van der Waals surface area contributed by atoms with E-state index in [2.05, 4.69) is 27.6 Å². The van der Waals surface area contributed by atoms with E-state index in [1.165, 1.54) is 0 Å². The van der Waals surface area contributed by atoms with Gasteiger partial charge in [0, 0.05) is 26.7 Å². The monoisotopic (exact) mass is 350 g/mol. The number of rotatable bonds is 7. The molecule has 2 rings (SSSR count). The summed E-state index contributed by atoms with van der Waals surface area (Å²) in [4.78, 5) is 6.52. The zero-order chi connectivity index (χ0) is 18.1. The highest BCUT2D eigenvalue weighted by molar-refractivity contribution is 5.79. The lowest BCUT2D eigenvalue weighted by Crippen LogP contribution is -2.49. The van der Waals surface area contributed by atoms with E-state index < -0.39 is 0 Å². The van der Waals surface area contributed by atoms with Crippen LogP contribution in [0.1, 0.15) is 6.92 Å². The van der Waals surface area contributed by atoms with E-state index in [4.69, 9.17) is 14.2 Å². The lowest BCUT2D eigenvalue weighted by Gasteiger charge is -2.30. The Hall–Kier alpha value is -1.99. The Kier molecular flexibility index (Phi) is 7.81. The lowest BCUT2D eigenvalue weighted by molar-refractivity contribution is -0.0161. The van der Waals surface area contributed by atoms with Crippen molar-refractivity contribution in [2.45, 2.75) is 19.1 Å². The quantitative estimate of drug-likeness (QED) is 0.564. The molecule has 7 nitrogen and oxygen atoms in total. The van der Waals surface area contributed by atoms with E-state index in [0.717, 1.165) is 43.7 Å². The molecule has 1 aromatic carbocycles. The van der Waals surface area contributed by atoms with Crippen LogP contribution in [0.15, 0.2) is 29.3 Å². The van der Waals surface area contributed by atoms with Crippen molar-refractivity contribution in [2.24, 2.45) is 4.99 Å². The molecule has 0 amide bonds. The first-order valence-corrected chi connectivity index (χ1v) is 8.66. The van der Waals surface area contributed by atoms with Crippen molar-refractivity contribution in [1.29, 1.82) is 0 Å². The van der Waals surface area contributed by atoms with Gasteiger partial charge in [-0.15, -0.1) is 0 Å². The molecule has 2 unspecified atom stereocenters. The highest BCUT2D eigenvalue weighted by Crippen LogP contribution is 2.26. The first-order valence-electron chi connectivity index (χ1n) is 8.66. The van der Waals surface area contributed by atoms with Crippen LogP contribution in [-0.4, -0.2) is 77.1 Å². The van der Waals surface area contributed by atoms with Gasteiger partial charge >= 0.3 is 0 Å². The van der Waals surface area contributed by atoms with Crippen LogP contribution in [0.5, 0.6) is 11.5 Å². The molecule has 1 saturated heterocycles. The number of nitrogens with one attached hydrogen (secondary N) is 2. The maximum atomic E-state index is 5.94. The Balaban J connectivity index is 1.74. The molecule has 2 N–H and O–H groups in total. The van der Waals surface area contributed by atoms with Gasteiger partial charge in [-0.1, -0.05) is 12.1 Å². The second kappa shape index (κ2) is 10.1. The Labute approximate surface area is 150 Å². The SMILES string of the molecule is CN=C(NCC(C)Oc1ccccc1OC)NCC1CN(C)CCO1. The molecule has 25 heavy (non-hydrogen) atoms. The fourth-order valence-corrected chi connectivity index (χ4v) is 2.64. The largest absolute Gasteiger partial charge is 0.493 e. The molecule has 2 atom stereocenters. The third kappa shape index (κ3) is 6.43. The molecule has 1 aromatic rings. The lowest BCUT2D eigenvalue weighted by atomic mass is 10.3. The summed E-state index contributed by atoms with van der Waals surface area (Å²) in [6.45, 7) is 6.05. The van der Waals surface area contributed by atoms with Gasteiger partial charge in [-0.25, -0.2) is 0 Å². The molecule has 1 aliphatic rings. The molecule has 0 radical (unpaired) electrons. The first kappa shape index (κ1) is 19.3. The minimum atomic E-state index is -0.0353. The summed E-state index contributed by atoms with van der Waals surface area (Å²) in [6.07, 6.45) is 0.145. The number of para-hydroxylation sites is 2. The van der Waals surface area contributed by atoms with Gasteiger partial charge in [-0.2, -0.15) is 0 Å². The standard InChI is InChI=1S/C18H30N4O3/c1-14(25-17-8-6-5-7-16(17)23-4)11-20-18(19-2)21-12-15-13-22(3)9-10-24-15/h5-8,14-15H,9-13H2,1-4H3,(H2,19,20,21). The summed E-state index contributed by atoms with van der Waals surface area (Å²) in [5.41, 5.74) is 0. The number of likely N-dealkylation sites (N-methyl/N-ethyl adjacent to an activating group) is 1. The molecule has 1 heterocycles. The van der Waals surface area contributed by atoms with Crippen LogP contribution in [0.2, 0.25) is 0 Å². The van der Waals surface area contributed by atoms with E-state index in [-0.39, 0.29) is 12.2 Å². The van der Waals surface area contributed by atoms with Crippen molar-refractivity contribution in [3.63, 3.8) is 0 Å². The van der Waals surface area contributed by atoms with Crippen LogP contribution in [0.3, 0.4) is 0 Å². The maximum Gasteiger partial charge on any atom is 0.191 e. The van der Waals surface area contributed by atoms with Crippen molar-refractivity contribution in [3.8, 4) is 11.5 Å². The summed E-state index contributed by atoms with van der Waals surface area (Å²) in [7, 11) is 5.51. The highest BCUT2D eigenvalue weighted by Gasteiger charge is 2.18. The van der Waals surface area contributed by atoms with Crippen molar-refractivity contribution < 1.29 is 14.2 Å². The Morgan fingerprint density at radius 2 is 2.12 bits per heavy atom. The van der Waals surface area contributed by atoms with E-state index in [1.54, 1.807) is 14.2 Å². The average molecular weight is 350 g/mol. The van der Waals surface area contributed by atoms with E-state index in [0.29, 0.717) is 6.54 Å². The third-order valence-corrected chi connectivity index (χ3v) is 4.02. The smallest absolute Gasteiger partial charge is 0.191 e. The van der Waals surface area contributed by atoms with Gasteiger partial charge in [-0.05, 0) is 26.1 Å². The van der Waals surface area contributed by atoms with Crippen molar-refractivity contribution in [2.75, 3.05) is 54.0 Å². The third-order valence-electron chi connectivity index (χ3n) is 4.02. The minimum absolute atomic E-state index is 0.0353. The zero-order valence-electron chi connectivity index (χ0n) is 15.6. The maximum absolute atomic E-state index is 5.94. The summed E-state index contributed by atoms with van der Waals surface area (Å²) < 4.78 is 17.0. The second-order valence-corrected chi connectivity index (χ2v) is 6.17. The number of methoxy groups -OCH3 is 1. The first-order chi connectivity index (χ1) is 12.1. The highest BCUT2D eigenvalue weighted by atomic mass is 16.5. The van der Waals surface area contributed by atoms with Gasteiger partial charge in [0.15, 0.2) is 17.5 Å². The van der Waals surface area contributed by atoms with Crippen molar-refractivity contribution in [3.05, 3.63) is 24.3 Å². The van der Waals surface area contributed by atoms with Crippen LogP contribution in [-0.2, 0) is 4.74 Å². The summed E-state index contributed by atoms with van der Waals surface area (Å²) in [5.74, 6) is 2.21. The van der Waals surface area contributed by atoms with Crippen molar-refractivity contribution in [1.82, 2.24) is 15.5 Å². The fourth-order valence-electron chi connectivity index (χ4n) is 2.64. The van der Waals surface area contributed by atoms with E-state index in [1.807, 2.05) is 31.2 Å². The van der Waals surface area contributed by atoms with Crippen LogP contribution in [0.4, 0.5) is 0 Å².